The van der Waals surface area contributed by atoms with E-state index < -0.39 is 29.7 Å². The summed E-state index contributed by atoms with van der Waals surface area (Å²) in [4.78, 5) is 27.6. The number of hydrogen-bond acceptors (Lipinski definition) is 4. The van der Waals surface area contributed by atoms with Crippen LogP contribution in [-0.2, 0) is 4.74 Å². The molecule has 0 bridgehead atoms. The molecule has 1 aliphatic rings. The molecular weight excluding hydrogens is 226 g/mol. The second kappa shape index (κ2) is 4.53. The van der Waals surface area contributed by atoms with Crippen LogP contribution in [0.15, 0.2) is 21.9 Å². The average Bonchev–Trinajstić information content (AvgIpc) is 2.60. The fourth-order valence-electron chi connectivity index (χ4n) is 1.79. The third kappa shape index (κ3) is 2.27. The summed E-state index contributed by atoms with van der Waals surface area (Å²) in [6, 6.07) is 1.21. The number of aromatic nitrogens is 2. The maximum absolute atomic E-state index is 11.5. The maximum atomic E-state index is 11.5. The molecule has 0 aromatic carbocycles. The zero-order valence-electron chi connectivity index (χ0n) is 8.87. The van der Waals surface area contributed by atoms with Crippen molar-refractivity contribution in [2.45, 2.75) is 24.9 Å². The van der Waals surface area contributed by atoms with E-state index in [0.717, 1.165) is 0 Å². The standard InChI is InChI=1S/C10H11N3O4/c1-11-5-7-6(14)4-9(17-7)13-3-2-8(15)12-10(13)16/h2-3,6-7,9,14H,4-5H2,(H,12,15,16)/t6-,7-,9?/m1/s1. The molecular formula is C10H11N3O4. The van der Waals surface area contributed by atoms with Crippen molar-refractivity contribution in [2.75, 3.05) is 6.54 Å². The fraction of sp³-hybridized carbons (Fsp3) is 0.500. The lowest BCUT2D eigenvalue weighted by Crippen LogP contribution is -2.31. The van der Waals surface area contributed by atoms with E-state index in [2.05, 4.69) is 9.83 Å². The van der Waals surface area contributed by atoms with Crippen molar-refractivity contribution >= 4 is 0 Å². The Bertz CT molecular complexity index is 556. The highest BCUT2D eigenvalue weighted by Crippen LogP contribution is 2.27. The van der Waals surface area contributed by atoms with E-state index in [1.165, 1.54) is 16.8 Å². The summed E-state index contributed by atoms with van der Waals surface area (Å²) >= 11 is 0. The molecule has 7 heteroatoms. The molecule has 2 rings (SSSR count). The molecule has 90 valence electrons. The summed E-state index contributed by atoms with van der Waals surface area (Å²) in [7, 11) is 0. The second-order valence-corrected chi connectivity index (χ2v) is 3.79. The average molecular weight is 237 g/mol. The first-order chi connectivity index (χ1) is 8.11. The molecule has 0 aliphatic carbocycles. The van der Waals surface area contributed by atoms with Crippen LogP contribution < -0.4 is 11.2 Å². The number of rotatable bonds is 2. The Morgan fingerprint density at radius 3 is 3.06 bits per heavy atom. The topological polar surface area (TPSA) is 88.7 Å². The zero-order valence-corrected chi connectivity index (χ0v) is 8.87. The van der Waals surface area contributed by atoms with E-state index in [-0.39, 0.29) is 13.0 Å². The van der Waals surface area contributed by atoms with Crippen molar-refractivity contribution in [1.82, 2.24) is 9.55 Å². The van der Waals surface area contributed by atoms with Gasteiger partial charge in [0.05, 0.1) is 6.10 Å². The van der Waals surface area contributed by atoms with Gasteiger partial charge in [0.15, 0.2) is 6.10 Å². The van der Waals surface area contributed by atoms with Gasteiger partial charge in [-0.3, -0.25) is 14.3 Å². The Balaban J connectivity index is 2.23. The monoisotopic (exact) mass is 237 g/mol. The molecule has 1 aromatic rings. The quantitative estimate of drug-likeness (QED) is 0.653. The molecule has 1 fully saturated rings. The molecule has 0 saturated carbocycles. The molecule has 1 aromatic heterocycles. The van der Waals surface area contributed by atoms with Crippen LogP contribution in [0, 0.1) is 6.57 Å². The predicted molar refractivity (Wildman–Crippen MR) is 57.3 cm³/mol. The minimum atomic E-state index is -0.770. The van der Waals surface area contributed by atoms with Crippen molar-refractivity contribution in [3.05, 3.63) is 44.5 Å². The molecule has 0 radical (unpaired) electrons. The van der Waals surface area contributed by atoms with Crippen LogP contribution in [-0.4, -0.2) is 33.4 Å². The maximum Gasteiger partial charge on any atom is 0.330 e. The fourth-order valence-corrected chi connectivity index (χ4v) is 1.79. The largest absolute Gasteiger partial charge is 0.390 e. The van der Waals surface area contributed by atoms with E-state index in [1.807, 2.05) is 0 Å². The molecule has 2 heterocycles. The molecule has 0 spiro atoms. The highest BCUT2D eigenvalue weighted by molar-refractivity contribution is 4.90. The highest BCUT2D eigenvalue weighted by atomic mass is 16.5. The molecule has 7 nitrogen and oxygen atoms in total. The lowest BCUT2D eigenvalue weighted by atomic mass is 10.2. The summed E-state index contributed by atoms with van der Waals surface area (Å²) in [5.41, 5.74) is -1.07. The van der Waals surface area contributed by atoms with Crippen LogP contribution in [0.1, 0.15) is 12.6 Å². The van der Waals surface area contributed by atoms with Gasteiger partial charge in [-0.25, -0.2) is 11.4 Å². The van der Waals surface area contributed by atoms with Gasteiger partial charge >= 0.3 is 5.69 Å². The third-order valence-electron chi connectivity index (χ3n) is 2.64. The van der Waals surface area contributed by atoms with Crippen molar-refractivity contribution in [1.29, 1.82) is 0 Å². The molecule has 3 atom stereocenters. The molecule has 0 amide bonds. The van der Waals surface area contributed by atoms with Gasteiger partial charge in [0.2, 0.25) is 6.54 Å². The Labute approximate surface area is 96.1 Å². The summed E-state index contributed by atoms with van der Waals surface area (Å²) < 4.78 is 6.60. The van der Waals surface area contributed by atoms with Crippen LogP contribution in [0.4, 0.5) is 0 Å². The molecule has 1 aliphatic heterocycles. The number of aliphatic hydroxyl groups is 1. The number of hydrogen-bond donors (Lipinski definition) is 2. The minimum absolute atomic E-state index is 0.0514. The summed E-state index contributed by atoms with van der Waals surface area (Å²) in [6.45, 7) is 6.77. The van der Waals surface area contributed by atoms with E-state index in [9.17, 15) is 14.7 Å². The Kier molecular flexibility index (Phi) is 3.08. The van der Waals surface area contributed by atoms with Crippen LogP contribution in [0.3, 0.4) is 0 Å². The summed E-state index contributed by atoms with van der Waals surface area (Å²) in [6.07, 6.45) is -0.449. The van der Waals surface area contributed by atoms with E-state index in [1.54, 1.807) is 0 Å². The van der Waals surface area contributed by atoms with Gasteiger partial charge in [0.1, 0.15) is 6.23 Å². The molecule has 17 heavy (non-hydrogen) atoms. The smallest absolute Gasteiger partial charge is 0.330 e. The Morgan fingerprint density at radius 1 is 1.65 bits per heavy atom. The highest BCUT2D eigenvalue weighted by Gasteiger charge is 2.37. The van der Waals surface area contributed by atoms with Crippen LogP contribution in [0.5, 0.6) is 0 Å². The zero-order chi connectivity index (χ0) is 12.4. The van der Waals surface area contributed by atoms with Gasteiger partial charge in [-0.15, -0.1) is 0 Å². The second-order valence-electron chi connectivity index (χ2n) is 3.79. The summed E-state index contributed by atoms with van der Waals surface area (Å²) in [5.74, 6) is 0. The lowest BCUT2D eigenvalue weighted by Gasteiger charge is -2.12. The number of H-pyrrole nitrogens is 1. The van der Waals surface area contributed by atoms with Crippen LogP contribution >= 0.6 is 0 Å². The van der Waals surface area contributed by atoms with Crippen molar-refractivity contribution in [3.8, 4) is 0 Å². The number of nitrogens with zero attached hydrogens (tertiary/aromatic N) is 2. The van der Waals surface area contributed by atoms with E-state index in [0.29, 0.717) is 0 Å². The Morgan fingerprint density at radius 2 is 2.41 bits per heavy atom. The summed E-state index contributed by atoms with van der Waals surface area (Å²) in [5, 5.41) is 9.64. The first-order valence-corrected chi connectivity index (χ1v) is 5.10. The van der Waals surface area contributed by atoms with Gasteiger partial charge in [-0.1, -0.05) is 0 Å². The molecule has 1 unspecified atom stereocenters. The Hall–Kier alpha value is -1.91. The van der Waals surface area contributed by atoms with Crippen molar-refractivity contribution in [2.24, 2.45) is 0 Å². The first kappa shape index (κ1) is 11.6. The van der Waals surface area contributed by atoms with Gasteiger partial charge in [-0.2, -0.15) is 0 Å². The lowest BCUT2D eigenvalue weighted by molar-refractivity contribution is -0.0115. The minimum Gasteiger partial charge on any atom is -0.390 e. The van der Waals surface area contributed by atoms with Gasteiger partial charge in [0.25, 0.3) is 5.56 Å². The third-order valence-corrected chi connectivity index (χ3v) is 2.64. The normalized spacial score (nSPS) is 27.9. The number of nitrogens with one attached hydrogen (secondary N) is 1. The van der Waals surface area contributed by atoms with Crippen molar-refractivity contribution in [3.63, 3.8) is 0 Å². The number of aliphatic hydroxyl groups excluding tert-OH is 1. The van der Waals surface area contributed by atoms with Crippen LogP contribution in [0.25, 0.3) is 4.85 Å². The van der Waals surface area contributed by atoms with Gasteiger partial charge < -0.3 is 14.7 Å². The molecule has 1 saturated heterocycles. The number of ether oxygens (including phenoxy) is 1. The van der Waals surface area contributed by atoms with E-state index in [4.69, 9.17) is 11.3 Å². The van der Waals surface area contributed by atoms with Crippen molar-refractivity contribution < 1.29 is 9.84 Å². The first-order valence-electron chi connectivity index (χ1n) is 5.10. The van der Waals surface area contributed by atoms with Crippen LogP contribution in [0.2, 0.25) is 0 Å². The van der Waals surface area contributed by atoms with E-state index >= 15 is 0 Å². The van der Waals surface area contributed by atoms with Gasteiger partial charge in [-0.05, 0) is 0 Å². The predicted octanol–water partition coefficient (Wildman–Crippen LogP) is -0.896. The molecule has 2 N–H and O–H groups in total. The van der Waals surface area contributed by atoms with Gasteiger partial charge in [0, 0.05) is 18.7 Å². The SMILES string of the molecule is [C-]#[N+]C[C@H]1OC(n2ccc(=O)[nH]c2=O)C[C@H]1O. The number of aromatic amines is 1.